The number of hydrogen-bond donors (Lipinski definition) is 0. The van der Waals surface area contributed by atoms with Crippen LogP contribution in [0, 0.1) is 0 Å². The average Bonchev–Trinajstić information content (AvgIpc) is 3.30. The molecule has 170 valence electrons. The fraction of sp³-hybridized carbons (Fsp3) is 0.0625. The molecule has 3 heterocycles. The maximum Gasteiger partial charge on any atom is 0.266 e. The van der Waals surface area contributed by atoms with E-state index in [0.717, 1.165) is 50.9 Å². The lowest BCUT2D eigenvalue weighted by molar-refractivity contribution is 1.02. The quantitative estimate of drug-likeness (QED) is 0.220. The van der Waals surface area contributed by atoms with Crippen LogP contribution in [0.1, 0.15) is 12.8 Å². The summed E-state index contributed by atoms with van der Waals surface area (Å²) in [5, 5.41) is 7.48. The van der Waals surface area contributed by atoms with E-state index in [1.165, 1.54) is 24.6 Å². The van der Waals surface area contributed by atoms with Crippen LogP contribution < -0.4 is 21.6 Å². The third-order valence-electron chi connectivity index (χ3n) is 7.57. The topological polar surface area (TPSA) is 38.5 Å². The lowest BCUT2D eigenvalue weighted by atomic mass is 9.94. The van der Waals surface area contributed by atoms with Gasteiger partial charge in [0, 0.05) is 41.5 Å². The summed E-state index contributed by atoms with van der Waals surface area (Å²) in [4.78, 5) is 27.1. The molecule has 1 aliphatic carbocycles. The van der Waals surface area contributed by atoms with Gasteiger partial charge in [0.2, 0.25) is 0 Å². The van der Waals surface area contributed by atoms with Crippen molar-refractivity contribution in [2.24, 2.45) is 0 Å². The van der Waals surface area contributed by atoms with Crippen molar-refractivity contribution < 1.29 is 0 Å². The van der Waals surface area contributed by atoms with Crippen molar-refractivity contribution in [2.45, 2.75) is 12.8 Å². The Kier molecular flexibility index (Phi) is 3.95. The van der Waals surface area contributed by atoms with Gasteiger partial charge in [0.25, 0.3) is 11.1 Å². The second kappa shape index (κ2) is 7.12. The Bertz CT molecular complexity index is 2310. The largest absolute Gasteiger partial charge is 0.268 e. The zero-order chi connectivity index (χ0) is 24.0. The molecule has 0 N–H and O–H groups in total. The zero-order valence-corrected chi connectivity index (χ0v) is 20.1. The van der Waals surface area contributed by atoms with Gasteiger partial charge in [-0.25, -0.2) is 4.40 Å². The van der Waals surface area contributed by atoms with E-state index in [2.05, 4.69) is 60.7 Å². The van der Waals surface area contributed by atoms with Gasteiger partial charge < -0.3 is 0 Å². The standard InChI is InChI=1S/C32H19NO2S/c34-31-23-10-3-1-7-20(23)26-16-19(17-27-21-8-2-4-11-24(21)32(35)33(31)30(26)27)18-13-14-29-25(15-18)22-9-5-6-12-28(22)36-29/h1,3,5-17H,2,4H2. The molecular weight excluding hydrogens is 462 g/mol. The van der Waals surface area contributed by atoms with Gasteiger partial charge in [-0.1, -0.05) is 54.6 Å². The van der Waals surface area contributed by atoms with E-state index in [-0.39, 0.29) is 11.1 Å². The first-order valence-electron chi connectivity index (χ1n) is 12.2. The van der Waals surface area contributed by atoms with Gasteiger partial charge in [-0.2, -0.15) is 0 Å². The predicted octanol–water partition coefficient (Wildman–Crippen LogP) is 5.79. The van der Waals surface area contributed by atoms with Crippen LogP contribution in [-0.2, 0) is 0 Å². The van der Waals surface area contributed by atoms with Crippen molar-refractivity contribution in [3.63, 3.8) is 0 Å². The molecule has 0 saturated carbocycles. The monoisotopic (exact) mass is 481 g/mol. The van der Waals surface area contributed by atoms with Crippen LogP contribution in [0.25, 0.3) is 70.5 Å². The van der Waals surface area contributed by atoms with Gasteiger partial charge in [-0.15, -0.1) is 11.3 Å². The number of pyridine rings is 2. The molecule has 3 nitrogen and oxygen atoms in total. The highest BCUT2D eigenvalue weighted by Gasteiger charge is 2.18. The number of thiophene rings is 1. The first-order valence-corrected chi connectivity index (χ1v) is 13.0. The van der Waals surface area contributed by atoms with E-state index in [1.807, 2.05) is 41.7 Å². The summed E-state index contributed by atoms with van der Waals surface area (Å²) in [5.74, 6) is 0. The normalized spacial score (nSPS) is 13.4. The Labute approximate surface area is 208 Å². The van der Waals surface area contributed by atoms with Crippen molar-refractivity contribution >= 4 is 70.7 Å². The van der Waals surface area contributed by atoms with Crippen molar-refractivity contribution in [1.82, 2.24) is 4.40 Å². The smallest absolute Gasteiger partial charge is 0.266 e. The molecular formula is C32H19NO2S. The summed E-state index contributed by atoms with van der Waals surface area (Å²) in [5.41, 5.74) is 2.48. The fourth-order valence-electron chi connectivity index (χ4n) is 5.93. The summed E-state index contributed by atoms with van der Waals surface area (Å²) in [6, 6.07) is 27.2. The highest BCUT2D eigenvalue weighted by Crippen LogP contribution is 2.37. The van der Waals surface area contributed by atoms with Crippen molar-refractivity contribution in [3.8, 4) is 11.1 Å². The molecule has 4 heteroatoms. The number of aromatic nitrogens is 1. The highest BCUT2D eigenvalue weighted by atomic mass is 32.1. The van der Waals surface area contributed by atoms with Crippen molar-refractivity contribution in [1.29, 1.82) is 0 Å². The molecule has 4 aromatic carbocycles. The molecule has 36 heavy (non-hydrogen) atoms. The Hall–Kier alpha value is -4.28. The summed E-state index contributed by atoms with van der Waals surface area (Å²) in [6.45, 7) is 0. The van der Waals surface area contributed by atoms with E-state index in [9.17, 15) is 9.59 Å². The maximum absolute atomic E-state index is 13.6. The summed E-state index contributed by atoms with van der Waals surface area (Å²) in [7, 11) is 0. The zero-order valence-electron chi connectivity index (χ0n) is 19.2. The molecule has 0 unspecified atom stereocenters. The second-order valence-corrected chi connectivity index (χ2v) is 10.6. The van der Waals surface area contributed by atoms with Gasteiger partial charge in [-0.05, 0) is 71.0 Å². The van der Waals surface area contributed by atoms with Crippen molar-refractivity contribution in [3.05, 3.63) is 110 Å². The molecule has 0 fully saturated rings. The molecule has 0 amide bonds. The molecule has 0 radical (unpaired) electrons. The highest BCUT2D eigenvalue weighted by molar-refractivity contribution is 7.25. The molecule has 0 saturated heterocycles. The SMILES string of the molecule is O=c1c2c(c3cc(-c4ccc5sc6ccccc6c5c4)cc4c5ccccc5c(=O)n1c34)=CCCC=2. The molecule has 3 aromatic heterocycles. The van der Waals surface area contributed by atoms with Gasteiger partial charge in [-0.3, -0.25) is 9.59 Å². The van der Waals surface area contributed by atoms with E-state index >= 15 is 0 Å². The van der Waals surface area contributed by atoms with Crippen LogP contribution in [0.2, 0.25) is 0 Å². The third kappa shape index (κ3) is 2.57. The minimum absolute atomic E-state index is 0.215. The fourth-order valence-corrected chi connectivity index (χ4v) is 7.02. The van der Waals surface area contributed by atoms with E-state index in [0.29, 0.717) is 10.6 Å². The molecule has 0 aliphatic heterocycles. The second-order valence-electron chi connectivity index (χ2n) is 9.53. The average molecular weight is 482 g/mol. The molecule has 0 atom stereocenters. The first kappa shape index (κ1) is 20.0. The summed E-state index contributed by atoms with van der Waals surface area (Å²) >= 11 is 1.81. The van der Waals surface area contributed by atoms with Gasteiger partial charge >= 0.3 is 0 Å². The van der Waals surface area contributed by atoms with Crippen LogP contribution >= 0.6 is 11.3 Å². The van der Waals surface area contributed by atoms with Crippen LogP contribution in [0.4, 0.5) is 0 Å². The minimum Gasteiger partial charge on any atom is -0.268 e. The van der Waals surface area contributed by atoms with Gasteiger partial charge in [0.1, 0.15) is 0 Å². The summed E-state index contributed by atoms with van der Waals surface area (Å²) < 4.78 is 3.96. The van der Waals surface area contributed by atoms with Crippen LogP contribution in [0.3, 0.4) is 0 Å². The van der Waals surface area contributed by atoms with Crippen molar-refractivity contribution in [2.75, 3.05) is 0 Å². The predicted molar refractivity (Wildman–Crippen MR) is 152 cm³/mol. The number of benzene rings is 4. The lowest BCUT2D eigenvalue weighted by Crippen LogP contribution is -2.47. The third-order valence-corrected chi connectivity index (χ3v) is 8.72. The van der Waals surface area contributed by atoms with E-state index in [1.54, 1.807) is 0 Å². The Balaban J connectivity index is 1.58. The Morgan fingerprint density at radius 3 is 2.08 bits per heavy atom. The minimum atomic E-state index is -0.242. The van der Waals surface area contributed by atoms with Gasteiger partial charge in [0.05, 0.1) is 5.52 Å². The maximum atomic E-state index is 13.6. The number of nitrogens with zero attached hydrogens (tertiary/aromatic N) is 1. The number of rotatable bonds is 1. The molecule has 0 spiro atoms. The van der Waals surface area contributed by atoms with Crippen LogP contribution in [0.15, 0.2) is 88.5 Å². The lowest BCUT2D eigenvalue weighted by Gasteiger charge is -2.15. The van der Waals surface area contributed by atoms with E-state index in [4.69, 9.17) is 0 Å². The molecule has 0 bridgehead atoms. The first-order chi connectivity index (χ1) is 17.7. The van der Waals surface area contributed by atoms with Crippen LogP contribution in [0.5, 0.6) is 0 Å². The number of hydrogen-bond acceptors (Lipinski definition) is 3. The Morgan fingerprint density at radius 2 is 1.22 bits per heavy atom. The van der Waals surface area contributed by atoms with Gasteiger partial charge in [0.15, 0.2) is 0 Å². The van der Waals surface area contributed by atoms with Crippen LogP contribution in [-0.4, -0.2) is 4.40 Å². The molecule has 8 rings (SSSR count). The summed E-state index contributed by atoms with van der Waals surface area (Å²) in [6.07, 6.45) is 5.85. The number of fused-ring (bicyclic) bond motifs is 7. The molecule has 1 aliphatic rings. The van der Waals surface area contributed by atoms with E-state index < -0.39 is 0 Å². The Morgan fingerprint density at radius 1 is 0.556 bits per heavy atom. The molecule has 7 aromatic rings.